The third kappa shape index (κ3) is 3.69. The quantitative estimate of drug-likeness (QED) is 0.898. The van der Waals surface area contributed by atoms with E-state index in [2.05, 4.69) is 15.9 Å². The van der Waals surface area contributed by atoms with E-state index in [1.807, 2.05) is 12.1 Å². The van der Waals surface area contributed by atoms with Crippen LogP contribution < -0.4 is 10.5 Å². The summed E-state index contributed by atoms with van der Waals surface area (Å²) in [5.41, 5.74) is 6.92. The molecule has 0 unspecified atom stereocenters. The first-order chi connectivity index (χ1) is 9.10. The van der Waals surface area contributed by atoms with E-state index in [9.17, 15) is 4.39 Å². The number of nitrogens with two attached hydrogens (primary N) is 1. The third-order valence-electron chi connectivity index (χ3n) is 2.63. The first-order valence-electron chi connectivity index (χ1n) is 5.65. The highest BCUT2D eigenvalue weighted by molar-refractivity contribution is 9.10. The minimum atomic E-state index is -0.337. The van der Waals surface area contributed by atoms with E-state index in [1.165, 1.54) is 12.1 Å². The molecule has 0 saturated carbocycles. The molecule has 0 amide bonds. The van der Waals surface area contributed by atoms with Crippen LogP contribution in [0.3, 0.4) is 0 Å². The lowest BCUT2D eigenvalue weighted by Crippen LogP contribution is -2.04. The number of hydrogen-bond donors (Lipinski definition) is 1. The van der Waals surface area contributed by atoms with Crippen molar-refractivity contribution in [2.24, 2.45) is 5.73 Å². The van der Waals surface area contributed by atoms with Crippen molar-refractivity contribution in [3.63, 3.8) is 0 Å². The van der Waals surface area contributed by atoms with E-state index >= 15 is 0 Å². The summed E-state index contributed by atoms with van der Waals surface area (Å²) in [6, 6.07) is 9.91. The fourth-order valence-corrected chi connectivity index (χ4v) is 2.26. The van der Waals surface area contributed by atoms with Crippen molar-refractivity contribution < 1.29 is 9.13 Å². The Bertz CT molecular complexity index is 592. The van der Waals surface area contributed by atoms with Gasteiger partial charge in [-0.25, -0.2) is 4.39 Å². The Kier molecular flexibility index (Phi) is 4.80. The van der Waals surface area contributed by atoms with E-state index in [-0.39, 0.29) is 12.4 Å². The Hall–Kier alpha value is -1.10. The summed E-state index contributed by atoms with van der Waals surface area (Å²) in [4.78, 5) is 0. The Morgan fingerprint density at radius 3 is 2.68 bits per heavy atom. The van der Waals surface area contributed by atoms with Gasteiger partial charge in [0.05, 0.1) is 0 Å². The molecular weight excluding hydrogens is 333 g/mol. The molecule has 2 nitrogen and oxygen atoms in total. The maximum absolute atomic E-state index is 13.5. The van der Waals surface area contributed by atoms with Gasteiger partial charge in [-0.2, -0.15) is 0 Å². The molecule has 0 bridgehead atoms. The summed E-state index contributed by atoms with van der Waals surface area (Å²) < 4.78 is 20.1. The Labute approximate surface area is 124 Å². The van der Waals surface area contributed by atoms with Crippen molar-refractivity contribution in [3.05, 3.63) is 62.8 Å². The summed E-state index contributed by atoms with van der Waals surface area (Å²) in [6.07, 6.45) is 0. The molecule has 0 aliphatic carbocycles. The lowest BCUT2D eigenvalue weighted by atomic mass is 10.2. The van der Waals surface area contributed by atoms with E-state index in [4.69, 9.17) is 22.1 Å². The van der Waals surface area contributed by atoms with Gasteiger partial charge in [0.25, 0.3) is 0 Å². The van der Waals surface area contributed by atoms with Crippen molar-refractivity contribution in [1.82, 2.24) is 0 Å². The van der Waals surface area contributed by atoms with Gasteiger partial charge >= 0.3 is 0 Å². The van der Waals surface area contributed by atoms with Crippen LogP contribution in [0.25, 0.3) is 0 Å². The minimum Gasteiger partial charge on any atom is -0.488 e. The lowest BCUT2D eigenvalue weighted by molar-refractivity contribution is 0.297. The molecule has 0 aromatic heterocycles. The molecule has 2 aromatic rings. The first kappa shape index (κ1) is 14.3. The summed E-state index contributed by atoms with van der Waals surface area (Å²) in [6.45, 7) is 0.466. The zero-order valence-electron chi connectivity index (χ0n) is 10.00. The van der Waals surface area contributed by atoms with Gasteiger partial charge in [-0.1, -0.05) is 27.5 Å². The molecule has 0 saturated heterocycles. The van der Waals surface area contributed by atoms with Gasteiger partial charge in [0, 0.05) is 27.2 Å². The summed E-state index contributed by atoms with van der Waals surface area (Å²) in [5.74, 6) is 0.306. The van der Waals surface area contributed by atoms with Gasteiger partial charge in [0.1, 0.15) is 18.2 Å². The number of ether oxygens (including phenoxy) is 1. The van der Waals surface area contributed by atoms with Gasteiger partial charge < -0.3 is 10.5 Å². The van der Waals surface area contributed by atoms with Gasteiger partial charge in [0.2, 0.25) is 0 Å². The molecule has 19 heavy (non-hydrogen) atoms. The molecule has 0 spiro atoms. The largest absolute Gasteiger partial charge is 0.488 e. The van der Waals surface area contributed by atoms with Crippen LogP contribution in [0.1, 0.15) is 11.1 Å². The highest BCUT2D eigenvalue weighted by atomic mass is 79.9. The predicted octanol–water partition coefficient (Wildman–Crippen LogP) is 4.28. The SMILES string of the molecule is NCc1cc(Br)ccc1OCc1cc(Cl)ccc1F. The topological polar surface area (TPSA) is 35.2 Å². The van der Waals surface area contributed by atoms with Gasteiger partial charge in [-0.05, 0) is 36.4 Å². The smallest absolute Gasteiger partial charge is 0.129 e. The molecular formula is C14H12BrClFNO. The van der Waals surface area contributed by atoms with Gasteiger partial charge in [-0.15, -0.1) is 0 Å². The number of rotatable bonds is 4. The highest BCUT2D eigenvalue weighted by Crippen LogP contribution is 2.24. The number of halogens is 3. The van der Waals surface area contributed by atoms with E-state index in [1.54, 1.807) is 12.1 Å². The normalized spacial score (nSPS) is 10.5. The Morgan fingerprint density at radius 2 is 1.95 bits per heavy atom. The summed E-state index contributed by atoms with van der Waals surface area (Å²) >= 11 is 9.20. The number of hydrogen-bond acceptors (Lipinski definition) is 2. The number of benzene rings is 2. The maximum Gasteiger partial charge on any atom is 0.129 e. The van der Waals surface area contributed by atoms with Crippen LogP contribution in [0, 0.1) is 5.82 Å². The van der Waals surface area contributed by atoms with Crippen LogP contribution >= 0.6 is 27.5 Å². The Morgan fingerprint density at radius 1 is 1.16 bits per heavy atom. The van der Waals surface area contributed by atoms with Crippen molar-refractivity contribution in [3.8, 4) is 5.75 Å². The van der Waals surface area contributed by atoms with Crippen molar-refractivity contribution in [2.45, 2.75) is 13.2 Å². The average Bonchev–Trinajstić information content (AvgIpc) is 2.40. The highest BCUT2D eigenvalue weighted by Gasteiger charge is 2.07. The summed E-state index contributed by atoms with van der Waals surface area (Å²) in [7, 11) is 0. The molecule has 0 atom stereocenters. The summed E-state index contributed by atoms with van der Waals surface area (Å²) in [5, 5.41) is 0.481. The van der Waals surface area contributed by atoms with E-state index in [0.717, 1.165) is 10.0 Å². The van der Waals surface area contributed by atoms with Gasteiger partial charge in [-0.3, -0.25) is 0 Å². The Balaban J connectivity index is 2.16. The van der Waals surface area contributed by atoms with E-state index in [0.29, 0.717) is 22.9 Å². The van der Waals surface area contributed by atoms with Crippen LogP contribution in [0.4, 0.5) is 4.39 Å². The molecule has 5 heteroatoms. The van der Waals surface area contributed by atoms with Crippen LogP contribution in [-0.2, 0) is 13.2 Å². The zero-order chi connectivity index (χ0) is 13.8. The molecule has 0 aliphatic heterocycles. The van der Waals surface area contributed by atoms with Crippen molar-refractivity contribution in [1.29, 1.82) is 0 Å². The molecule has 2 N–H and O–H groups in total. The molecule has 0 radical (unpaired) electrons. The fraction of sp³-hybridized carbons (Fsp3) is 0.143. The van der Waals surface area contributed by atoms with Crippen molar-refractivity contribution in [2.75, 3.05) is 0 Å². The second-order valence-electron chi connectivity index (χ2n) is 3.98. The maximum atomic E-state index is 13.5. The molecule has 2 aromatic carbocycles. The molecule has 0 heterocycles. The van der Waals surface area contributed by atoms with Crippen molar-refractivity contribution >= 4 is 27.5 Å². The molecule has 0 aliphatic rings. The first-order valence-corrected chi connectivity index (χ1v) is 6.82. The van der Waals surface area contributed by atoms with Crippen LogP contribution in [0.5, 0.6) is 5.75 Å². The third-order valence-corrected chi connectivity index (χ3v) is 3.36. The molecule has 2 rings (SSSR count). The zero-order valence-corrected chi connectivity index (χ0v) is 12.3. The second kappa shape index (κ2) is 6.37. The average molecular weight is 345 g/mol. The second-order valence-corrected chi connectivity index (χ2v) is 5.33. The fourth-order valence-electron chi connectivity index (χ4n) is 1.66. The minimum absolute atomic E-state index is 0.112. The van der Waals surface area contributed by atoms with E-state index < -0.39 is 0 Å². The standard InChI is InChI=1S/C14H12BrClFNO/c15-11-1-4-14(9(5-11)7-18)19-8-10-6-12(16)2-3-13(10)17/h1-6H,7-8,18H2. The lowest BCUT2D eigenvalue weighted by Gasteiger charge is -2.11. The van der Waals surface area contributed by atoms with Crippen LogP contribution in [0.2, 0.25) is 5.02 Å². The monoisotopic (exact) mass is 343 g/mol. The van der Waals surface area contributed by atoms with Crippen LogP contribution in [-0.4, -0.2) is 0 Å². The molecule has 100 valence electrons. The molecule has 0 fully saturated rings. The van der Waals surface area contributed by atoms with Gasteiger partial charge in [0.15, 0.2) is 0 Å². The van der Waals surface area contributed by atoms with Crippen LogP contribution in [0.15, 0.2) is 40.9 Å². The predicted molar refractivity (Wildman–Crippen MR) is 77.8 cm³/mol.